The molecule has 0 atom stereocenters. The van der Waals surface area contributed by atoms with Crippen molar-refractivity contribution in [3.8, 4) is 78.7 Å². The van der Waals surface area contributed by atoms with Gasteiger partial charge in [0.2, 0.25) is 0 Å². The van der Waals surface area contributed by atoms with Crippen LogP contribution in [-0.2, 0) is 0 Å². The summed E-state index contributed by atoms with van der Waals surface area (Å²) in [4.78, 5) is 9.83. The van der Waals surface area contributed by atoms with Crippen LogP contribution in [0.4, 0.5) is 0 Å². The number of aromatic nitrogens is 6. The average molecular weight is 845 g/mol. The Balaban J connectivity index is 0.979. The van der Waals surface area contributed by atoms with Crippen LogP contribution in [0.3, 0.4) is 0 Å². The van der Waals surface area contributed by atoms with Crippen molar-refractivity contribution in [3.05, 3.63) is 243 Å². The molecule has 0 saturated heterocycles. The minimum absolute atomic E-state index is 0.930. The molecule has 0 aliphatic heterocycles. The van der Waals surface area contributed by atoms with Crippen molar-refractivity contribution < 1.29 is 0 Å². The Morgan fingerprint density at radius 2 is 0.636 bits per heavy atom. The highest BCUT2D eigenvalue weighted by molar-refractivity contribution is 6.02. The van der Waals surface area contributed by atoms with Gasteiger partial charge in [0.05, 0.1) is 33.8 Å². The molecule has 0 fully saturated rings. The predicted octanol–water partition coefficient (Wildman–Crippen LogP) is 14.9. The lowest BCUT2D eigenvalue weighted by Crippen LogP contribution is -1.98. The van der Waals surface area contributed by atoms with Crippen LogP contribution in [0, 0.1) is 0 Å². The van der Waals surface area contributed by atoms with Gasteiger partial charge in [-0.15, -0.1) is 0 Å². The maximum atomic E-state index is 4.92. The zero-order chi connectivity index (χ0) is 43.6. The van der Waals surface area contributed by atoms with Crippen LogP contribution in [0.1, 0.15) is 0 Å². The molecule has 6 heteroatoms. The Hall–Kier alpha value is -9.00. The van der Waals surface area contributed by atoms with Crippen LogP contribution >= 0.6 is 0 Å². The molecule has 0 saturated carbocycles. The molecule has 0 aliphatic rings. The number of hydrogen-bond acceptors (Lipinski definition) is 2. The topological polar surface area (TPSA) is 44.5 Å². The quantitative estimate of drug-likeness (QED) is 0.153. The first kappa shape index (κ1) is 37.5. The van der Waals surface area contributed by atoms with Gasteiger partial charge in [-0.3, -0.25) is 0 Å². The van der Waals surface area contributed by atoms with Gasteiger partial charge in [-0.1, -0.05) is 146 Å². The maximum absolute atomic E-state index is 4.92. The van der Waals surface area contributed by atoms with Crippen molar-refractivity contribution in [2.45, 2.75) is 0 Å². The zero-order valence-electron chi connectivity index (χ0n) is 35.8. The fourth-order valence-electron chi connectivity index (χ4n) is 9.53. The van der Waals surface area contributed by atoms with Crippen molar-refractivity contribution >= 4 is 33.1 Å². The number of pyridine rings is 2. The Bertz CT molecular complexity index is 3550. The number of rotatable bonds is 8. The van der Waals surface area contributed by atoms with Gasteiger partial charge in [0.25, 0.3) is 0 Å². The van der Waals surface area contributed by atoms with E-state index in [2.05, 4.69) is 212 Å². The molecule has 66 heavy (non-hydrogen) atoms. The Morgan fingerprint density at radius 1 is 0.288 bits per heavy atom. The molecule has 0 radical (unpaired) electrons. The normalized spacial score (nSPS) is 11.6. The maximum Gasteiger partial charge on any atom is 0.137 e. The van der Waals surface area contributed by atoms with Crippen molar-refractivity contribution in [2.75, 3.05) is 0 Å². The molecule has 7 aromatic carbocycles. The van der Waals surface area contributed by atoms with Gasteiger partial charge in [-0.2, -0.15) is 0 Å². The van der Waals surface area contributed by atoms with Gasteiger partial charge in [-0.25, -0.2) is 9.97 Å². The molecule has 0 N–H and O–H groups in total. The lowest BCUT2D eigenvalue weighted by atomic mass is 10.0. The summed E-state index contributed by atoms with van der Waals surface area (Å²) in [5.74, 6) is 0. The molecule has 6 nitrogen and oxygen atoms in total. The summed E-state index contributed by atoms with van der Waals surface area (Å²) in [6, 6.07) is 78.3. The minimum Gasteiger partial charge on any atom is -0.309 e. The van der Waals surface area contributed by atoms with Gasteiger partial charge in [0.1, 0.15) is 11.3 Å². The smallest absolute Gasteiger partial charge is 0.137 e. The first-order chi connectivity index (χ1) is 32.7. The van der Waals surface area contributed by atoms with E-state index in [0.29, 0.717) is 0 Å². The SMILES string of the molecule is c1ccc(-c2ccc(-c3cc4cc5c(cc(-c6ccc(-c7ccccc7)cc6)n5-c5ccc(-c6cn7ccccc7n6)cc5)cc4n3-c3ccc(-c4cn5ccccc5n4)cc3)cc2)cc1. The molecule has 0 spiro atoms. The third-order valence-electron chi connectivity index (χ3n) is 12.9. The minimum atomic E-state index is 0.930. The molecule has 13 rings (SSSR count). The van der Waals surface area contributed by atoms with E-state index < -0.39 is 0 Å². The van der Waals surface area contributed by atoms with Gasteiger partial charge >= 0.3 is 0 Å². The molecule has 0 bridgehead atoms. The first-order valence-corrected chi connectivity index (χ1v) is 22.3. The van der Waals surface area contributed by atoms with E-state index in [-0.39, 0.29) is 0 Å². The monoisotopic (exact) mass is 844 g/mol. The molecule has 310 valence electrons. The molecule has 0 unspecified atom stereocenters. The second-order valence-electron chi connectivity index (χ2n) is 16.9. The molecule has 6 heterocycles. The summed E-state index contributed by atoms with van der Waals surface area (Å²) in [7, 11) is 0. The third kappa shape index (κ3) is 6.51. The number of nitrogens with zero attached hydrogens (tertiary/aromatic N) is 6. The Labute approximate surface area is 381 Å². The number of fused-ring (bicyclic) bond motifs is 4. The molecule has 13 aromatic rings. The van der Waals surface area contributed by atoms with Gasteiger partial charge < -0.3 is 17.9 Å². The average Bonchev–Trinajstić information content (AvgIpc) is 4.19. The van der Waals surface area contributed by atoms with E-state index in [0.717, 1.165) is 89.5 Å². The van der Waals surface area contributed by atoms with E-state index >= 15 is 0 Å². The zero-order valence-corrected chi connectivity index (χ0v) is 35.8. The molecule has 6 aromatic heterocycles. The van der Waals surface area contributed by atoms with Crippen molar-refractivity contribution in [1.29, 1.82) is 0 Å². The fourth-order valence-corrected chi connectivity index (χ4v) is 9.53. The molecule has 0 aliphatic carbocycles. The van der Waals surface area contributed by atoms with Crippen LogP contribution < -0.4 is 0 Å². The number of hydrogen-bond donors (Lipinski definition) is 0. The largest absolute Gasteiger partial charge is 0.309 e. The highest BCUT2D eigenvalue weighted by Crippen LogP contribution is 2.40. The summed E-state index contributed by atoms with van der Waals surface area (Å²) >= 11 is 0. The summed E-state index contributed by atoms with van der Waals surface area (Å²) < 4.78 is 8.96. The van der Waals surface area contributed by atoms with Crippen molar-refractivity contribution in [1.82, 2.24) is 27.9 Å². The highest BCUT2D eigenvalue weighted by atomic mass is 15.0. The van der Waals surface area contributed by atoms with E-state index in [1.807, 2.05) is 48.8 Å². The Kier molecular flexibility index (Phi) is 8.74. The van der Waals surface area contributed by atoms with Gasteiger partial charge in [-0.05, 0) is 106 Å². The second-order valence-corrected chi connectivity index (χ2v) is 16.9. The van der Waals surface area contributed by atoms with E-state index in [9.17, 15) is 0 Å². The van der Waals surface area contributed by atoms with Crippen LogP contribution in [0.25, 0.3) is 112 Å². The first-order valence-electron chi connectivity index (χ1n) is 22.3. The van der Waals surface area contributed by atoms with Crippen molar-refractivity contribution in [3.63, 3.8) is 0 Å². The fraction of sp³-hybridized carbons (Fsp3) is 0. The third-order valence-corrected chi connectivity index (χ3v) is 12.9. The highest BCUT2D eigenvalue weighted by Gasteiger charge is 2.20. The summed E-state index contributed by atoms with van der Waals surface area (Å²) in [6.07, 6.45) is 8.27. The summed E-state index contributed by atoms with van der Waals surface area (Å²) in [5, 5.41) is 2.31. The van der Waals surface area contributed by atoms with E-state index in [1.165, 1.54) is 22.3 Å². The summed E-state index contributed by atoms with van der Waals surface area (Å²) in [5.41, 5.74) is 19.6. The Morgan fingerprint density at radius 3 is 1.03 bits per heavy atom. The van der Waals surface area contributed by atoms with Crippen molar-refractivity contribution in [2.24, 2.45) is 0 Å². The van der Waals surface area contributed by atoms with Crippen LogP contribution in [0.2, 0.25) is 0 Å². The predicted molar refractivity (Wildman–Crippen MR) is 270 cm³/mol. The lowest BCUT2D eigenvalue weighted by Gasteiger charge is -2.14. The van der Waals surface area contributed by atoms with E-state index in [1.54, 1.807) is 0 Å². The van der Waals surface area contributed by atoms with Crippen LogP contribution in [-0.4, -0.2) is 27.9 Å². The molecular weight excluding hydrogens is 805 g/mol. The summed E-state index contributed by atoms with van der Waals surface area (Å²) in [6.45, 7) is 0. The standard InChI is InChI=1S/C60H40N6/c1-3-11-41(12-4-1)43-17-21-47(22-18-43)55-35-49-37-58-50(38-57(49)65(55)51-29-25-45(26-30-51)53-39-63-33-9-7-15-59(63)61-53)36-56(48-23-19-44(20-24-48)42-13-5-2-6-14-42)66(58)52-31-27-46(28-32-52)54-40-64-34-10-8-16-60(64)62-54/h1-40H. The number of benzene rings is 7. The second kappa shape index (κ2) is 15.4. The van der Waals surface area contributed by atoms with Crippen LogP contribution in [0.15, 0.2) is 243 Å². The van der Waals surface area contributed by atoms with Crippen LogP contribution in [0.5, 0.6) is 0 Å². The van der Waals surface area contributed by atoms with Gasteiger partial charge in [0, 0.05) is 58.1 Å². The van der Waals surface area contributed by atoms with E-state index in [4.69, 9.17) is 9.97 Å². The van der Waals surface area contributed by atoms with Gasteiger partial charge in [0.15, 0.2) is 0 Å². The lowest BCUT2D eigenvalue weighted by molar-refractivity contribution is 1.13. The molecule has 0 amide bonds. The molecular formula is C60H40N6. The number of imidazole rings is 2.